The van der Waals surface area contributed by atoms with Crippen molar-refractivity contribution < 1.29 is 9.59 Å². The summed E-state index contributed by atoms with van der Waals surface area (Å²) in [6, 6.07) is 14.1. The smallest absolute Gasteiger partial charge is 0.323 e. The van der Waals surface area contributed by atoms with Gasteiger partial charge in [0.25, 0.3) is 0 Å². The Labute approximate surface area is 203 Å². The fraction of sp³-hybridized carbons (Fsp3) is 0.360. The average Bonchev–Trinajstić information content (AvgIpc) is 3.31. The number of benzene rings is 1. The average molecular weight is 477 g/mol. The predicted octanol–water partition coefficient (Wildman–Crippen LogP) is 3.63. The third kappa shape index (κ3) is 5.20. The zero-order valence-electron chi connectivity index (χ0n) is 18.9. The molecule has 34 heavy (non-hydrogen) atoms. The fourth-order valence-corrected chi connectivity index (χ4v) is 5.31. The molecule has 1 atom stereocenters. The highest BCUT2D eigenvalue weighted by atomic mass is 32.1. The highest BCUT2D eigenvalue weighted by Gasteiger charge is 2.24. The van der Waals surface area contributed by atoms with Crippen molar-refractivity contribution in [1.29, 1.82) is 0 Å². The van der Waals surface area contributed by atoms with Crippen molar-refractivity contribution in [3.8, 4) is 0 Å². The molecule has 8 nitrogen and oxygen atoms in total. The SMILES string of the molecule is O=C(Cc1csc(NC(=O)N2CCN(c3ccccn3)CC2)n1)NC1CCCc2ccccc21. The Hall–Kier alpha value is -3.46. The third-order valence-corrected chi connectivity index (χ3v) is 7.16. The van der Waals surface area contributed by atoms with E-state index in [1.54, 1.807) is 11.1 Å². The number of urea groups is 1. The maximum atomic E-state index is 12.7. The van der Waals surface area contributed by atoms with E-state index in [-0.39, 0.29) is 24.4 Å². The van der Waals surface area contributed by atoms with Crippen LogP contribution in [0.15, 0.2) is 54.0 Å². The zero-order chi connectivity index (χ0) is 23.3. The molecule has 5 rings (SSSR count). The number of anilines is 2. The summed E-state index contributed by atoms with van der Waals surface area (Å²) in [5, 5.41) is 8.40. The molecule has 1 aromatic carbocycles. The number of nitrogens with one attached hydrogen (secondary N) is 2. The third-order valence-electron chi connectivity index (χ3n) is 6.35. The van der Waals surface area contributed by atoms with E-state index in [1.807, 2.05) is 29.6 Å². The molecule has 0 spiro atoms. The van der Waals surface area contributed by atoms with Gasteiger partial charge in [0.2, 0.25) is 5.91 Å². The number of hydrogen-bond donors (Lipinski definition) is 2. The lowest BCUT2D eigenvalue weighted by Gasteiger charge is -2.35. The van der Waals surface area contributed by atoms with E-state index in [1.165, 1.54) is 22.5 Å². The number of hydrogen-bond acceptors (Lipinski definition) is 6. The van der Waals surface area contributed by atoms with Crippen molar-refractivity contribution in [3.63, 3.8) is 0 Å². The minimum atomic E-state index is -0.162. The monoisotopic (exact) mass is 476 g/mol. The van der Waals surface area contributed by atoms with Gasteiger partial charge >= 0.3 is 6.03 Å². The van der Waals surface area contributed by atoms with Crippen molar-refractivity contribution in [2.24, 2.45) is 0 Å². The quantitative estimate of drug-likeness (QED) is 0.587. The molecule has 3 amide bonds. The summed E-state index contributed by atoms with van der Waals surface area (Å²) in [7, 11) is 0. The van der Waals surface area contributed by atoms with Gasteiger partial charge in [0.05, 0.1) is 18.2 Å². The van der Waals surface area contributed by atoms with E-state index < -0.39 is 0 Å². The largest absolute Gasteiger partial charge is 0.353 e. The molecule has 0 bridgehead atoms. The molecule has 2 aliphatic rings. The lowest BCUT2D eigenvalue weighted by Crippen LogP contribution is -2.50. The van der Waals surface area contributed by atoms with Gasteiger partial charge in [0, 0.05) is 37.8 Å². The number of aryl methyl sites for hydroxylation is 1. The lowest BCUT2D eigenvalue weighted by molar-refractivity contribution is -0.121. The van der Waals surface area contributed by atoms with E-state index in [0.29, 0.717) is 23.9 Å². The van der Waals surface area contributed by atoms with Crippen LogP contribution in [-0.4, -0.2) is 53.0 Å². The van der Waals surface area contributed by atoms with E-state index in [2.05, 4.69) is 43.7 Å². The van der Waals surface area contributed by atoms with Gasteiger partial charge in [-0.1, -0.05) is 30.3 Å². The number of carbonyl (C=O) groups is 2. The molecule has 2 aromatic heterocycles. The molecular formula is C25H28N6O2S. The first-order chi connectivity index (χ1) is 16.7. The maximum Gasteiger partial charge on any atom is 0.323 e. The standard InChI is InChI=1S/C25H28N6O2S/c32-23(28-21-9-5-7-18-6-1-2-8-20(18)21)16-19-17-34-24(27-19)29-25(33)31-14-12-30(13-15-31)22-10-3-4-11-26-22/h1-4,6,8,10-11,17,21H,5,7,9,12-16H2,(H,28,32)(H,27,29,33). The van der Waals surface area contributed by atoms with E-state index >= 15 is 0 Å². The molecule has 2 N–H and O–H groups in total. The van der Waals surface area contributed by atoms with Crippen LogP contribution in [0.25, 0.3) is 0 Å². The second kappa shape index (κ2) is 10.2. The van der Waals surface area contributed by atoms with Gasteiger partial charge in [-0.25, -0.2) is 14.8 Å². The van der Waals surface area contributed by atoms with Gasteiger partial charge in [-0.15, -0.1) is 11.3 Å². The first kappa shape index (κ1) is 22.3. The van der Waals surface area contributed by atoms with Crippen molar-refractivity contribution in [2.45, 2.75) is 31.7 Å². The fourth-order valence-electron chi connectivity index (χ4n) is 4.61. The van der Waals surface area contributed by atoms with Gasteiger partial charge in [-0.05, 0) is 42.5 Å². The maximum absolute atomic E-state index is 12.7. The minimum absolute atomic E-state index is 0.0458. The molecule has 0 radical (unpaired) electrons. The summed E-state index contributed by atoms with van der Waals surface area (Å²) >= 11 is 1.35. The molecular weight excluding hydrogens is 448 g/mol. The van der Waals surface area contributed by atoms with Crippen molar-refractivity contribution in [2.75, 3.05) is 36.4 Å². The summed E-state index contributed by atoms with van der Waals surface area (Å²) in [5.74, 6) is 0.887. The van der Waals surface area contributed by atoms with Crippen molar-refractivity contribution in [1.82, 2.24) is 20.2 Å². The Morgan fingerprint density at radius 3 is 2.71 bits per heavy atom. The number of nitrogens with zero attached hydrogens (tertiary/aromatic N) is 4. The number of piperazine rings is 1. The number of fused-ring (bicyclic) bond motifs is 1. The first-order valence-corrected chi connectivity index (χ1v) is 12.6. The molecule has 1 fully saturated rings. The summed E-state index contributed by atoms with van der Waals surface area (Å²) in [6.45, 7) is 2.70. The van der Waals surface area contributed by atoms with Gasteiger partial charge in [-0.2, -0.15) is 0 Å². The summed E-state index contributed by atoms with van der Waals surface area (Å²) in [6.07, 6.45) is 5.08. The number of carbonyl (C=O) groups excluding carboxylic acids is 2. The van der Waals surface area contributed by atoms with Crippen LogP contribution in [0.1, 0.15) is 35.7 Å². The summed E-state index contributed by atoms with van der Waals surface area (Å²) < 4.78 is 0. The van der Waals surface area contributed by atoms with Crippen LogP contribution in [0, 0.1) is 0 Å². The van der Waals surface area contributed by atoms with Crippen LogP contribution in [0.2, 0.25) is 0 Å². The topological polar surface area (TPSA) is 90.5 Å². The zero-order valence-corrected chi connectivity index (χ0v) is 19.8. The Kier molecular flexibility index (Phi) is 6.71. The molecule has 176 valence electrons. The second-order valence-corrected chi connectivity index (χ2v) is 9.48. The van der Waals surface area contributed by atoms with Crippen LogP contribution >= 0.6 is 11.3 Å². The van der Waals surface area contributed by atoms with Crippen LogP contribution in [-0.2, 0) is 17.6 Å². The van der Waals surface area contributed by atoms with Gasteiger partial charge < -0.3 is 15.1 Å². The molecule has 1 aliphatic carbocycles. The number of rotatable bonds is 5. The van der Waals surface area contributed by atoms with E-state index in [0.717, 1.165) is 38.2 Å². The highest BCUT2D eigenvalue weighted by molar-refractivity contribution is 7.13. The Bertz CT molecular complexity index is 1140. The van der Waals surface area contributed by atoms with Crippen molar-refractivity contribution >= 4 is 34.2 Å². The molecule has 1 unspecified atom stereocenters. The summed E-state index contributed by atoms with van der Waals surface area (Å²) in [4.78, 5) is 38.2. The number of amides is 3. The minimum Gasteiger partial charge on any atom is -0.353 e. The van der Waals surface area contributed by atoms with Crippen LogP contribution < -0.4 is 15.5 Å². The van der Waals surface area contributed by atoms with Gasteiger partial charge in [0.15, 0.2) is 5.13 Å². The molecule has 0 saturated carbocycles. The predicted molar refractivity (Wildman–Crippen MR) is 133 cm³/mol. The normalized spacial score (nSPS) is 17.7. The van der Waals surface area contributed by atoms with E-state index in [4.69, 9.17) is 0 Å². The van der Waals surface area contributed by atoms with Gasteiger partial charge in [-0.3, -0.25) is 10.1 Å². The lowest BCUT2D eigenvalue weighted by atomic mass is 9.87. The molecule has 3 aromatic rings. The number of pyridine rings is 1. The molecule has 1 saturated heterocycles. The highest BCUT2D eigenvalue weighted by Crippen LogP contribution is 2.29. The van der Waals surface area contributed by atoms with E-state index in [9.17, 15) is 9.59 Å². The van der Waals surface area contributed by atoms with Crippen molar-refractivity contribution in [3.05, 3.63) is 70.9 Å². The summed E-state index contributed by atoms with van der Waals surface area (Å²) in [5.41, 5.74) is 3.21. The Balaban J connectivity index is 1.11. The Morgan fingerprint density at radius 1 is 1.06 bits per heavy atom. The van der Waals surface area contributed by atoms with Gasteiger partial charge in [0.1, 0.15) is 5.82 Å². The second-order valence-electron chi connectivity index (χ2n) is 8.62. The molecule has 1 aliphatic heterocycles. The Morgan fingerprint density at radius 2 is 1.88 bits per heavy atom. The van der Waals surface area contributed by atoms with Crippen LogP contribution in [0.5, 0.6) is 0 Å². The number of thiazole rings is 1. The first-order valence-electron chi connectivity index (χ1n) is 11.7. The van der Waals surface area contributed by atoms with Crippen LogP contribution in [0.3, 0.4) is 0 Å². The molecule has 9 heteroatoms. The van der Waals surface area contributed by atoms with Crippen LogP contribution in [0.4, 0.5) is 15.7 Å². The molecule has 3 heterocycles. The number of aromatic nitrogens is 2.